The summed E-state index contributed by atoms with van der Waals surface area (Å²) in [7, 11) is 1.61. The van der Waals surface area contributed by atoms with Crippen LogP contribution in [-0.4, -0.2) is 63.8 Å². The van der Waals surface area contributed by atoms with Crippen molar-refractivity contribution in [2.75, 3.05) is 38.2 Å². The van der Waals surface area contributed by atoms with Gasteiger partial charge in [0, 0.05) is 31.7 Å². The van der Waals surface area contributed by atoms with Crippen LogP contribution in [0.3, 0.4) is 0 Å². The number of piperazine rings is 1. The van der Waals surface area contributed by atoms with Crippen LogP contribution in [0.1, 0.15) is 27.4 Å². The Labute approximate surface area is 198 Å². The predicted molar refractivity (Wildman–Crippen MR) is 132 cm³/mol. The molecule has 34 heavy (non-hydrogen) atoms. The zero-order chi connectivity index (χ0) is 23.8. The highest BCUT2D eigenvalue weighted by molar-refractivity contribution is 5.95. The summed E-state index contributed by atoms with van der Waals surface area (Å²) in [6, 6.07) is 15.5. The number of benzene rings is 2. The Balaban J connectivity index is 1.43. The van der Waals surface area contributed by atoms with E-state index in [1.165, 1.54) is 0 Å². The standard InChI is InChI=1S/C26H28N6O2/c1-17-8-5-6-11-22(17)32-25-23(18(2)29-32)24(27-19(3)28-25)30-12-14-31(15-13-30)26(33)20-9-7-10-21(16-20)34-4/h5-11,16H,12-15H2,1-4H3. The van der Waals surface area contributed by atoms with E-state index < -0.39 is 0 Å². The molecule has 1 aliphatic rings. The summed E-state index contributed by atoms with van der Waals surface area (Å²) in [5.74, 6) is 2.29. The van der Waals surface area contributed by atoms with Gasteiger partial charge in [-0.2, -0.15) is 5.10 Å². The van der Waals surface area contributed by atoms with E-state index in [1.54, 1.807) is 13.2 Å². The first-order valence-electron chi connectivity index (χ1n) is 11.4. The molecule has 0 unspecified atom stereocenters. The number of carbonyl (C=O) groups excluding carboxylic acids is 1. The van der Waals surface area contributed by atoms with Gasteiger partial charge in [0.25, 0.3) is 5.91 Å². The number of aryl methyl sites for hydroxylation is 3. The van der Waals surface area contributed by atoms with Gasteiger partial charge in [-0.05, 0) is 50.6 Å². The summed E-state index contributed by atoms with van der Waals surface area (Å²) in [5.41, 5.74) is 4.49. The van der Waals surface area contributed by atoms with E-state index in [1.807, 2.05) is 53.8 Å². The third-order valence-electron chi connectivity index (χ3n) is 6.32. The van der Waals surface area contributed by atoms with Crippen molar-refractivity contribution in [3.05, 3.63) is 71.2 Å². The van der Waals surface area contributed by atoms with Crippen LogP contribution in [0.25, 0.3) is 16.7 Å². The fourth-order valence-electron chi connectivity index (χ4n) is 4.53. The van der Waals surface area contributed by atoms with Gasteiger partial charge in [0.05, 0.1) is 23.9 Å². The van der Waals surface area contributed by atoms with Crippen molar-refractivity contribution in [2.45, 2.75) is 20.8 Å². The summed E-state index contributed by atoms with van der Waals surface area (Å²) in [6.07, 6.45) is 0. The van der Waals surface area contributed by atoms with Crippen LogP contribution in [0.15, 0.2) is 48.5 Å². The molecular weight excluding hydrogens is 428 g/mol. The lowest BCUT2D eigenvalue weighted by atomic mass is 10.1. The van der Waals surface area contributed by atoms with Crippen LogP contribution in [0.5, 0.6) is 5.75 Å². The molecule has 174 valence electrons. The minimum absolute atomic E-state index is 0.0196. The van der Waals surface area contributed by atoms with Crippen molar-refractivity contribution in [1.82, 2.24) is 24.6 Å². The summed E-state index contributed by atoms with van der Waals surface area (Å²) in [5, 5.41) is 5.79. The Kier molecular flexibility index (Phi) is 5.65. The van der Waals surface area contributed by atoms with E-state index in [0.29, 0.717) is 43.3 Å². The fourth-order valence-corrected chi connectivity index (χ4v) is 4.53. The van der Waals surface area contributed by atoms with Crippen molar-refractivity contribution in [3.63, 3.8) is 0 Å². The summed E-state index contributed by atoms with van der Waals surface area (Å²) in [4.78, 5) is 26.7. The second-order valence-corrected chi connectivity index (χ2v) is 8.59. The smallest absolute Gasteiger partial charge is 0.254 e. The van der Waals surface area contributed by atoms with E-state index in [2.05, 4.69) is 24.0 Å². The highest BCUT2D eigenvalue weighted by atomic mass is 16.5. The lowest BCUT2D eigenvalue weighted by molar-refractivity contribution is 0.0746. The molecule has 8 nitrogen and oxygen atoms in total. The number of ether oxygens (including phenoxy) is 1. The van der Waals surface area contributed by atoms with E-state index >= 15 is 0 Å². The lowest BCUT2D eigenvalue weighted by Gasteiger charge is -2.35. The topological polar surface area (TPSA) is 76.4 Å². The number of fused-ring (bicyclic) bond motifs is 1. The van der Waals surface area contributed by atoms with Crippen molar-refractivity contribution in [1.29, 1.82) is 0 Å². The highest BCUT2D eigenvalue weighted by Crippen LogP contribution is 2.30. The van der Waals surface area contributed by atoms with E-state index in [-0.39, 0.29) is 5.91 Å². The second-order valence-electron chi connectivity index (χ2n) is 8.59. The van der Waals surface area contributed by atoms with Gasteiger partial charge in [0.15, 0.2) is 5.65 Å². The maximum Gasteiger partial charge on any atom is 0.254 e. The first-order valence-corrected chi connectivity index (χ1v) is 11.4. The monoisotopic (exact) mass is 456 g/mol. The number of rotatable bonds is 4. The molecule has 5 rings (SSSR count). The van der Waals surface area contributed by atoms with Crippen LogP contribution in [0.4, 0.5) is 5.82 Å². The number of methoxy groups -OCH3 is 1. The van der Waals surface area contributed by atoms with Gasteiger partial charge in [0.2, 0.25) is 0 Å². The molecule has 3 heterocycles. The number of aromatic nitrogens is 4. The summed E-state index contributed by atoms with van der Waals surface area (Å²) >= 11 is 0. The molecule has 0 aliphatic carbocycles. The number of carbonyl (C=O) groups is 1. The first kappa shape index (κ1) is 21.9. The Bertz CT molecular complexity index is 1370. The minimum Gasteiger partial charge on any atom is -0.497 e. The number of nitrogens with zero attached hydrogens (tertiary/aromatic N) is 6. The zero-order valence-electron chi connectivity index (χ0n) is 19.9. The first-order chi connectivity index (χ1) is 16.5. The van der Waals surface area contributed by atoms with Crippen molar-refractivity contribution in [2.24, 2.45) is 0 Å². The van der Waals surface area contributed by atoms with Crippen LogP contribution in [-0.2, 0) is 0 Å². The number of hydrogen-bond acceptors (Lipinski definition) is 6. The van der Waals surface area contributed by atoms with Crippen LogP contribution < -0.4 is 9.64 Å². The Morgan fingerprint density at radius 1 is 0.941 bits per heavy atom. The Morgan fingerprint density at radius 2 is 1.71 bits per heavy atom. The molecular formula is C26H28N6O2. The molecule has 0 atom stereocenters. The number of para-hydroxylation sites is 1. The van der Waals surface area contributed by atoms with Gasteiger partial charge in [-0.3, -0.25) is 4.79 Å². The molecule has 2 aromatic carbocycles. The molecule has 1 amide bonds. The van der Waals surface area contributed by atoms with Crippen LogP contribution in [0.2, 0.25) is 0 Å². The molecule has 1 fully saturated rings. The molecule has 0 spiro atoms. The van der Waals surface area contributed by atoms with Gasteiger partial charge in [-0.15, -0.1) is 0 Å². The van der Waals surface area contributed by atoms with Gasteiger partial charge in [0.1, 0.15) is 17.4 Å². The molecule has 0 radical (unpaired) electrons. The molecule has 1 saturated heterocycles. The minimum atomic E-state index is 0.0196. The number of anilines is 1. The molecule has 4 aromatic rings. The average molecular weight is 457 g/mol. The van der Waals surface area contributed by atoms with Gasteiger partial charge >= 0.3 is 0 Å². The van der Waals surface area contributed by atoms with E-state index in [0.717, 1.165) is 33.8 Å². The Morgan fingerprint density at radius 3 is 2.44 bits per heavy atom. The number of amides is 1. The molecule has 0 bridgehead atoms. The second kappa shape index (κ2) is 8.78. The SMILES string of the molecule is COc1cccc(C(=O)N2CCN(c3nc(C)nc4c3c(C)nn4-c3ccccc3C)CC2)c1. The number of hydrogen-bond donors (Lipinski definition) is 0. The highest BCUT2D eigenvalue weighted by Gasteiger charge is 2.26. The fraction of sp³-hybridized carbons (Fsp3) is 0.308. The molecule has 2 aromatic heterocycles. The molecule has 1 aliphatic heterocycles. The van der Waals surface area contributed by atoms with Crippen molar-refractivity contribution in [3.8, 4) is 11.4 Å². The maximum atomic E-state index is 13.0. The zero-order valence-corrected chi connectivity index (χ0v) is 19.9. The maximum absolute atomic E-state index is 13.0. The van der Waals surface area contributed by atoms with Crippen LogP contribution in [0, 0.1) is 20.8 Å². The van der Waals surface area contributed by atoms with E-state index in [4.69, 9.17) is 19.8 Å². The van der Waals surface area contributed by atoms with Crippen molar-refractivity contribution >= 4 is 22.8 Å². The lowest BCUT2D eigenvalue weighted by Crippen LogP contribution is -2.49. The van der Waals surface area contributed by atoms with Gasteiger partial charge in [-0.25, -0.2) is 14.6 Å². The molecule has 0 saturated carbocycles. The van der Waals surface area contributed by atoms with Crippen LogP contribution >= 0.6 is 0 Å². The third kappa shape index (κ3) is 3.85. The molecule has 8 heteroatoms. The Hall–Kier alpha value is -3.94. The largest absolute Gasteiger partial charge is 0.497 e. The van der Waals surface area contributed by atoms with Gasteiger partial charge < -0.3 is 14.5 Å². The quantitative estimate of drug-likeness (QED) is 0.466. The van der Waals surface area contributed by atoms with Gasteiger partial charge in [-0.1, -0.05) is 24.3 Å². The van der Waals surface area contributed by atoms with Crippen molar-refractivity contribution < 1.29 is 9.53 Å². The molecule has 0 N–H and O–H groups in total. The third-order valence-corrected chi connectivity index (χ3v) is 6.32. The average Bonchev–Trinajstić information content (AvgIpc) is 3.19. The summed E-state index contributed by atoms with van der Waals surface area (Å²) in [6.45, 7) is 8.60. The summed E-state index contributed by atoms with van der Waals surface area (Å²) < 4.78 is 7.19. The normalized spacial score (nSPS) is 14.0. The predicted octanol–water partition coefficient (Wildman–Crippen LogP) is 3.71. The van der Waals surface area contributed by atoms with E-state index in [9.17, 15) is 4.79 Å².